The fourth-order valence-electron chi connectivity index (χ4n) is 1.57. The van der Waals surface area contributed by atoms with E-state index in [1.165, 1.54) is 31.5 Å². The van der Waals surface area contributed by atoms with Crippen LogP contribution in [0.25, 0.3) is 0 Å². The summed E-state index contributed by atoms with van der Waals surface area (Å²) in [5, 5.41) is 2.66. The molecular weight excluding hydrogens is 285 g/mol. The van der Waals surface area contributed by atoms with Crippen molar-refractivity contribution < 1.29 is 13.9 Å². The van der Waals surface area contributed by atoms with Crippen LogP contribution in [0, 0.1) is 5.82 Å². The smallest absolute Gasteiger partial charge is 0.341 e. The minimum Gasteiger partial charge on any atom is -0.465 e. The molecule has 2 rings (SSSR count). The van der Waals surface area contributed by atoms with Gasteiger partial charge in [0.2, 0.25) is 0 Å². The molecule has 0 unspecified atom stereocenters. The van der Waals surface area contributed by atoms with Crippen LogP contribution in [0.15, 0.2) is 30.5 Å². The summed E-state index contributed by atoms with van der Waals surface area (Å²) in [6.07, 6.45) is 1.34. The first-order valence-electron chi connectivity index (χ1n) is 5.57. The van der Waals surface area contributed by atoms with Crippen molar-refractivity contribution >= 4 is 34.8 Å². The summed E-state index contributed by atoms with van der Waals surface area (Å²) in [6, 6.07) is 5.85. The van der Waals surface area contributed by atoms with Crippen LogP contribution in [-0.2, 0) is 4.74 Å². The molecule has 0 atom stereocenters. The van der Waals surface area contributed by atoms with Crippen molar-refractivity contribution in [3.8, 4) is 0 Å². The van der Waals surface area contributed by atoms with E-state index in [2.05, 4.69) is 15.0 Å². The van der Waals surface area contributed by atoms with Crippen LogP contribution in [0.1, 0.15) is 10.4 Å². The minimum absolute atomic E-state index is 0.0370. The quantitative estimate of drug-likeness (QED) is 0.851. The lowest BCUT2D eigenvalue weighted by atomic mass is 10.2. The first-order valence-corrected chi connectivity index (χ1v) is 5.95. The number of nitrogens with zero attached hydrogens (tertiary/aromatic N) is 1. The van der Waals surface area contributed by atoms with E-state index in [1.807, 2.05) is 0 Å². The number of rotatable bonds is 3. The van der Waals surface area contributed by atoms with Crippen molar-refractivity contribution in [1.82, 2.24) is 4.98 Å². The van der Waals surface area contributed by atoms with Crippen molar-refractivity contribution in [1.29, 1.82) is 0 Å². The Morgan fingerprint density at radius 2 is 2.25 bits per heavy atom. The number of carbonyl (C=O) groups excluding carboxylic acids is 1. The summed E-state index contributed by atoms with van der Waals surface area (Å²) < 4.78 is 18.4. The molecule has 2 aromatic rings. The van der Waals surface area contributed by atoms with Gasteiger partial charge in [-0.1, -0.05) is 17.7 Å². The van der Waals surface area contributed by atoms with E-state index in [-0.39, 0.29) is 22.1 Å². The molecule has 0 aliphatic rings. The molecule has 1 heterocycles. The largest absolute Gasteiger partial charge is 0.465 e. The van der Waals surface area contributed by atoms with Crippen LogP contribution in [0.2, 0.25) is 5.02 Å². The zero-order chi connectivity index (χ0) is 14.7. The summed E-state index contributed by atoms with van der Waals surface area (Å²) in [5.74, 6) is -1.13. The van der Waals surface area contributed by atoms with E-state index in [0.29, 0.717) is 5.69 Å². The van der Waals surface area contributed by atoms with Gasteiger partial charge in [-0.3, -0.25) is 0 Å². The summed E-state index contributed by atoms with van der Waals surface area (Å²) in [6.45, 7) is 0. The number of carbonyl (C=O) groups is 1. The van der Waals surface area contributed by atoms with Crippen LogP contribution < -0.4 is 11.1 Å². The molecule has 0 radical (unpaired) electrons. The van der Waals surface area contributed by atoms with Crippen molar-refractivity contribution in [2.45, 2.75) is 0 Å². The number of pyridine rings is 1. The molecule has 0 aliphatic heterocycles. The third kappa shape index (κ3) is 2.80. The Bertz CT molecular complexity index is 664. The first kappa shape index (κ1) is 14.1. The third-order valence-electron chi connectivity index (χ3n) is 2.52. The maximum Gasteiger partial charge on any atom is 0.341 e. The van der Waals surface area contributed by atoms with Gasteiger partial charge in [-0.2, -0.15) is 0 Å². The van der Waals surface area contributed by atoms with Gasteiger partial charge >= 0.3 is 5.97 Å². The van der Waals surface area contributed by atoms with Crippen molar-refractivity contribution in [2.24, 2.45) is 0 Å². The standard InChI is InChI=1S/C13H11ClFN3O2/c1-20-13(19)8-5-7(16)6-17-12(8)18-10-4-2-3-9(14)11(10)15/h2-6H,16H2,1H3,(H,17,18). The molecule has 0 spiro atoms. The molecule has 0 amide bonds. The number of methoxy groups -OCH3 is 1. The molecule has 0 bridgehead atoms. The number of ether oxygens (including phenoxy) is 1. The maximum absolute atomic E-state index is 13.8. The molecular formula is C13H11ClFN3O2. The van der Waals surface area contributed by atoms with Gasteiger partial charge in [0.05, 0.1) is 29.7 Å². The number of anilines is 3. The van der Waals surface area contributed by atoms with Crippen LogP contribution >= 0.6 is 11.6 Å². The number of esters is 1. The average molecular weight is 296 g/mol. The Morgan fingerprint density at radius 1 is 1.50 bits per heavy atom. The lowest BCUT2D eigenvalue weighted by molar-refractivity contribution is 0.0601. The number of nitrogens with two attached hydrogens (primary N) is 1. The number of hydrogen-bond donors (Lipinski definition) is 2. The number of nitrogens with one attached hydrogen (secondary N) is 1. The Balaban J connectivity index is 2.43. The summed E-state index contributed by atoms with van der Waals surface area (Å²) >= 11 is 5.69. The fourth-order valence-corrected chi connectivity index (χ4v) is 1.75. The molecule has 5 nitrogen and oxygen atoms in total. The molecule has 7 heteroatoms. The molecule has 104 valence electrons. The molecule has 0 saturated carbocycles. The zero-order valence-corrected chi connectivity index (χ0v) is 11.2. The lowest BCUT2D eigenvalue weighted by Gasteiger charge is -2.11. The monoisotopic (exact) mass is 295 g/mol. The first-order chi connectivity index (χ1) is 9.52. The second-order valence-corrected chi connectivity index (χ2v) is 4.29. The second-order valence-electron chi connectivity index (χ2n) is 3.88. The van der Waals surface area contributed by atoms with E-state index < -0.39 is 11.8 Å². The number of halogens is 2. The van der Waals surface area contributed by atoms with E-state index in [4.69, 9.17) is 17.3 Å². The van der Waals surface area contributed by atoms with Gasteiger partial charge in [0, 0.05) is 0 Å². The Kier molecular flexibility index (Phi) is 4.05. The predicted octanol–water partition coefficient (Wildman–Crippen LogP) is 2.99. The van der Waals surface area contributed by atoms with Gasteiger partial charge in [0.15, 0.2) is 5.82 Å². The summed E-state index contributed by atoms with van der Waals surface area (Å²) in [7, 11) is 1.23. The zero-order valence-electron chi connectivity index (χ0n) is 10.5. The van der Waals surface area contributed by atoms with Gasteiger partial charge in [0.25, 0.3) is 0 Å². The number of nitrogen functional groups attached to an aromatic ring is 1. The van der Waals surface area contributed by atoms with E-state index in [0.717, 1.165) is 0 Å². The lowest BCUT2D eigenvalue weighted by Crippen LogP contribution is -2.09. The second kappa shape index (κ2) is 5.75. The Morgan fingerprint density at radius 3 is 2.95 bits per heavy atom. The van der Waals surface area contributed by atoms with Crippen molar-refractivity contribution in [3.63, 3.8) is 0 Å². The topological polar surface area (TPSA) is 77.2 Å². The van der Waals surface area contributed by atoms with Gasteiger partial charge in [0.1, 0.15) is 11.4 Å². The maximum atomic E-state index is 13.8. The number of benzene rings is 1. The molecule has 0 aliphatic carbocycles. The van der Waals surface area contributed by atoms with Crippen molar-refractivity contribution in [3.05, 3.63) is 46.9 Å². The van der Waals surface area contributed by atoms with E-state index >= 15 is 0 Å². The Labute approximate surface area is 119 Å². The SMILES string of the molecule is COC(=O)c1cc(N)cnc1Nc1cccc(Cl)c1F. The van der Waals surface area contributed by atoms with Crippen LogP contribution in [0.5, 0.6) is 0 Å². The fraction of sp³-hybridized carbons (Fsp3) is 0.0769. The highest BCUT2D eigenvalue weighted by Crippen LogP contribution is 2.26. The predicted molar refractivity (Wildman–Crippen MR) is 74.7 cm³/mol. The normalized spacial score (nSPS) is 10.2. The average Bonchev–Trinajstić information content (AvgIpc) is 2.44. The van der Waals surface area contributed by atoms with Crippen LogP contribution in [0.3, 0.4) is 0 Å². The molecule has 0 fully saturated rings. The molecule has 1 aromatic heterocycles. The van der Waals surface area contributed by atoms with Gasteiger partial charge in [-0.05, 0) is 18.2 Å². The van der Waals surface area contributed by atoms with E-state index in [1.54, 1.807) is 6.07 Å². The molecule has 1 aromatic carbocycles. The summed E-state index contributed by atoms with van der Waals surface area (Å²) in [5.41, 5.74) is 6.07. The number of aromatic nitrogens is 1. The van der Waals surface area contributed by atoms with Crippen LogP contribution in [-0.4, -0.2) is 18.1 Å². The molecule has 0 saturated heterocycles. The number of hydrogen-bond acceptors (Lipinski definition) is 5. The van der Waals surface area contributed by atoms with E-state index in [9.17, 15) is 9.18 Å². The molecule has 20 heavy (non-hydrogen) atoms. The van der Waals surface area contributed by atoms with Gasteiger partial charge in [-0.25, -0.2) is 14.2 Å². The van der Waals surface area contributed by atoms with Crippen molar-refractivity contribution in [2.75, 3.05) is 18.2 Å². The van der Waals surface area contributed by atoms with Gasteiger partial charge < -0.3 is 15.8 Å². The molecule has 3 N–H and O–H groups in total. The summed E-state index contributed by atoms with van der Waals surface area (Å²) in [4.78, 5) is 15.6. The minimum atomic E-state index is -0.636. The van der Waals surface area contributed by atoms with Gasteiger partial charge in [-0.15, -0.1) is 0 Å². The highest BCUT2D eigenvalue weighted by Gasteiger charge is 2.16. The Hall–Kier alpha value is -2.34. The third-order valence-corrected chi connectivity index (χ3v) is 2.81. The highest BCUT2D eigenvalue weighted by molar-refractivity contribution is 6.31. The highest BCUT2D eigenvalue weighted by atomic mass is 35.5. The van der Waals surface area contributed by atoms with Crippen LogP contribution in [0.4, 0.5) is 21.6 Å².